The molecule has 0 saturated carbocycles. The molecule has 3 atom stereocenters. The van der Waals surface area contributed by atoms with Crippen LogP contribution in [0.15, 0.2) is 25.0 Å². The van der Waals surface area contributed by atoms with E-state index >= 15 is 0 Å². The molecule has 28 heavy (non-hydrogen) atoms. The minimum absolute atomic E-state index is 0.110. The Hall–Kier alpha value is -3.21. The van der Waals surface area contributed by atoms with Crippen LogP contribution in [0.25, 0.3) is 0 Å². The predicted molar refractivity (Wildman–Crippen MR) is 98.9 cm³/mol. The molecule has 11 nitrogen and oxygen atoms in total. The minimum Gasteiger partial charge on any atom is -0.480 e. The van der Waals surface area contributed by atoms with Crippen molar-refractivity contribution < 1.29 is 19.5 Å². The van der Waals surface area contributed by atoms with Gasteiger partial charge in [0.15, 0.2) is 0 Å². The molecule has 2 rings (SSSR count). The third-order valence-corrected chi connectivity index (χ3v) is 4.17. The Morgan fingerprint density at radius 2 is 1.61 bits per heavy atom. The van der Waals surface area contributed by atoms with Gasteiger partial charge in [-0.15, -0.1) is 0 Å². The van der Waals surface area contributed by atoms with Crippen LogP contribution < -0.4 is 16.4 Å². The lowest BCUT2D eigenvalue weighted by Crippen LogP contribution is -2.56. The van der Waals surface area contributed by atoms with Crippen LogP contribution in [0, 0.1) is 5.92 Å². The molecule has 0 fully saturated rings. The summed E-state index contributed by atoms with van der Waals surface area (Å²) in [6.45, 7) is 3.36. The normalized spacial score (nSPS) is 14.3. The number of hydrogen-bond acceptors (Lipinski definition) is 6. The van der Waals surface area contributed by atoms with Crippen molar-refractivity contribution in [3.05, 3.63) is 36.4 Å². The summed E-state index contributed by atoms with van der Waals surface area (Å²) in [5.41, 5.74) is 7.22. The number of imidazole rings is 2. The van der Waals surface area contributed by atoms with Gasteiger partial charge in [-0.3, -0.25) is 9.59 Å². The summed E-state index contributed by atoms with van der Waals surface area (Å²) >= 11 is 0. The highest BCUT2D eigenvalue weighted by Gasteiger charge is 2.30. The quantitative estimate of drug-likeness (QED) is 0.299. The summed E-state index contributed by atoms with van der Waals surface area (Å²) < 4.78 is 0. The van der Waals surface area contributed by atoms with E-state index in [-0.39, 0.29) is 18.8 Å². The first-order valence-electron chi connectivity index (χ1n) is 8.81. The lowest BCUT2D eigenvalue weighted by Gasteiger charge is -2.24. The molecule has 2 aromatic rings. The van der Waals surface area contributed by atoms with E-state index in [9.17, 15) is 19.5 Å². The molecule has 0 bridgehead atoms. The van der Waals surface area contributed by atoms with Crippen LogP contribution in [0.4, 0.5) is 0 Å². The molecule has 11 heteroatoms. The SMILES string of the molecule is CC(C)C(NC(=O)C(Cc1cnc[nH]1)NC(=O)C(N)Cc1cnc[nH]1)C(=O)O. The van der Waals surface area contributed by atoms with Gasteiger partial charge in [0.05, 0.1) is 18.7 Å². The largest absolute Gasteiger partial charge is 0.480 e. The van der Waals surface area contributed by atoms with Gasteiger partial charge in [-0.2, -0.15) is 0 Å². The van der Waals surface area contributed by atoms with Crippen LogP contribution in [-0.4, -0.2) is 61.0 Å². The average molecular weight is 391 g/mol. The maximum absolute atomic E-state index is 12.7. The molecule has 2 amide bonds. The number of amides is 2. The summed E-state index contributed by atoms with van der Waals surface area (Å²) in [7, 11) is 0. The monoisotopic (exact) mass is 391 g/mol. The molecule has 152 valence electrons. The van der Waals surface area contributed by atoms with Gasteiger partial charge in [-0.05, 0) is 5.92 Å². The van der Waals surface area contributed by atoms with Crippen LogP contribution in [0.3, 0.4) is 0 Å². The standard InChI is InChI=1S/C17H25N7O4/c1-9(2)14(17(27)28)24-16(26)13(4-11-6-20-8-22-11)23-15(25)12(18)3-10-5-19-7-21-10/h5-9,12-14H,3-4,18H2,1-2H3,(H,19,21)(H,20,22)(H,23,25)(H,24,26)(H,27,28). The van der Waals surface area contributed by atoms with Gasteiger partial charge >= 0.3 is 5.97 Å². The second-order valence-electron chi connectivity index (χ2n) is 6.80. The number of nitrogens with zero attached hydrogens (tertiary/aromatic N) is 2. The first kappa shape index (κ1) is 21.1. The van der Waals surface area contributed by atoms with Crippen LogP contribution in [-0.2, 0) is 27.2 Å². The van der Waals surface area contributed by atoms with Crippen molar-refractivity contribution in [1.82, 2.24) is 30.6 Å². The second-order valence-corrected chi connectivity index (χ2v) is 6.80. The van der Waals surface area contributed by atoms with Gasteiger partial charge in [0.25, 0.3) is 0 Å². The number of H-pyrrole nitrogens is 2. The van der Waals surface area contributed by atoms with Crippen molar-refractivity contribution in [3.8, 4) is 0 Å². The predicted octanol–water partition coefficient (Wildman–Crippen LogP) is -1.04. The fraction of sp³-hybridized carbons (Fsp3) is 0.471. The molecule has 0 aliphatic carbocycles. The van der Waals surface area contributed by atoms with Gasteiger partial charge in [0.2, 0.25) is 11.8 Å². The highest BCUT2D eigenvalue weighted by molar-refractivity contribution is 5.92. The Morgan fingerprint density at radius 3 is 2.07 bits per heavy atom. The molecule has 0 aromatic carbocycles. The van der Waals surface area contributed by atoms with Gasteiger partial charge in [-0.1, -0.05) is 13.8 Å². The Balaban J connectivity index is 2.08. The second kappa shape index (κ2) is 9.65. The number of aliphatic carboxylic acids is 1. The van der Waals surface area contributed by atoms with E-state index in [0.717, 1.165) is 0 Å². The van der Waals surface area contributed by atoms with E-state index in [0.29, 0.717) is 11.4 Å². The number of carboxylic acids is 1. The van der Waals surface area contributed by atoms with E-state index in [4.69, 9.17) is 5.73 Å². The van der Waals surface area contributed by atoms with E-state index in [1.54, 1.807) is 20.0 Å². The van der Waals surface area contributed by atoms with Gasteiger partial charge < -0.3 is 31.4 Å². The Labute approximate surface area is 161 Å². The number of carbonyl (C=O) groups is 3. The highest BCUT2D eigenvalue weighted by Crippen LogP contribution is 2.05. The number of aromatic amines is 2. The number of aromatic nitrogens is 4. The fourth-order valence-corrected chi connectivity index (χ4v) is 2.60. The number of hydrogen-bond donors (Lipinski definition) is 6. The van der Waals surface area contributed by atoms with E-state index in [1.165, 1.54) is 18.9 Å². The molecule has 7 N–H and O–H groups in total. The number of carboxylic acid groups (broad SMARTS) is 1. The molecule has 0 radical (unpaired) electrons. The van der Waals surface area contributed by atoms with Crippen LogP contribution >= 0.6 is 0 Å². The maximum Gasteiger partial charge on any atom is 0.326 e. The zero-order valence-electron chi connectivity index (χ0n) is 15.7. The van der Waals surface area contributed by atoms with E-state index in [1.807, 2.05) is 0 Å². The van der Waals surface area contributed by atoms with Crippen molar-refractivity contribution in [1.29, 1.82) is 0 Å². The zero-order valence-corrected chi connectivity index (χ0v) is 15.7. The molecule has 0 aliphatic heterocycles. The minimum atomic E-state index is -1.15. The molecule has 0 aliphatic rings. The summed E-state index contributed by atoms with van der Waals surface area (Å²) in [5, 5.41) is 14.4. The Morgan fingerprint density at radius 1 is 1.04 bits per heavy atom. The van der Waals surface area contributed by atoms with Crippen molar-refractivity contribution in [2.75, 3.05) is 0 Å². The lowest BCUT2D eigenvalue weighted by molar-refractivity contribution is -0.143. The Bertz CT molecular complexity index is 774. The number of nitrogens with one attached hydrogen (secondary N) is 4. The summed E-state index contributed by atoms with van der Waals surface area (Å²) in [6.07, 6.45) is 6.33. The Kier molecular flexibility index (Phi) is 7.27. The molecule has 3 unspecified atom stereocenters. The molecular formula is C17H25N7O4. The van der Waals surface area contributed by atoms with Crippen molar-refractivity contribution >= 4 is 17.8 Å². The average Bonchev–Trinajstić information content (AvgIpc) is 3.32. The third-order valence-electron chi connectivity index (χ3n) is 4.17. The van der Waals surface area contributed by atoms with Gasteiger partial charge in [0, 0.05) is 36.6 Å². The highest BCUT2D eigenvalue weighted by atomic mass is 16.4. The maximum atomic E-state index is 12.7. The number of rotatable bonds is 10. The van der Waals surface area contributed by atoms with Gasteiger partial charge in [-0.25, -0.2) is 14.8 Å². The molecule has 0 saturated heterocycles. The van der Waals surface area contributed by atoms with Crippen LogP contribution in [0.1, 0.15) is 25.2 Å². The molecule has 0 spiro atoms. The van der Waals surface area contributed by atoms with Crippen molar-refractivity contribution in [2.45, 2.75) is 44.8 Å². The van der Waals surface area contributed by atoms with Crippen LogP contribution in [0.2, 0.25) is 0 Å². The van der Waals surface area contributed by atoms with Crippen molar-refractivity contribution in [3.63, 3.8) is 0 Å². The first-order valence-corrected chi connectivity index (χ1v) is 8.81. The van der Waals surface area contributed by atoms with E-state index in [2.05, 4.69) is 30.6 Å². The third kappa shape index (κ3) is 5.91. The molecular weight excluding hydrogens is 366 g/mol. The van der Waals surface area contributed by atoms with Gasteiger partial charge in [0.1, 0.15) is 12.1 Å². The fourth-order valence-electron chi connectivity index (χ4n) is 2.60. The summed E-state index contributed by atoms with van der Waals surface area (Å²) in [6, 6.07) is -2.99. The van der Waals surface area contributed by atoms with E-state index < -0.39 is 35.9 Å². The number of carbonyl (C=O) groups excluding carboxylic acids is 2. The summed E-state index contributed by atoms with van der Waals surface area (Å²) in [5.74, 6) is -2.62. The van der Waals surface area contributed by atoms with Crippen molar-refractivity contribution in [2.24, 2.45) is 11.7 Å². The smallest absolute Gasteiger partial charge is 0.326 e. The topological polar surface area (TPSA) is 179 Å². The zero-order chi connectivity index (χ0) is 20.7. The van der Waals surface area contributed by atoms with Crippen LogP contribution in [0.5, 0.6) is 0 Å². The lowest BCUT2D eigenvalue weighted by atomic mass is 10.0. The molecule has 2 heterocycles. The molecule has 2 aromatic heterocycles. The number of nitrogens with two attached hydrogens (primary N) is 1. The summed E-state index contributed by atoms with van der Waals surface area (Å²) in [4.78, 5) is 50.0. The first-order chi connectivity index (χ1) is 13.3.